The van der Waals surface area contributed by atoms with Crippen molar-refractivity contribution >= 4 is 12.0 Å². The van der Waals surface area contributed by atoms with E-state index in [1.54, 1.807) is 36.8 Å². The summed E-state index contributed by atoms with van der Waals surface area (Å²) < 4.78 is 4.96. The maximum absolute atomic E-state index is 12.4. The average molecular weight is 292 g/mol. The summed E-state index contributed by atoms with van der Waals surface area (Å²) in [5.74, 6) is 0.562. The van der Waals surface area contributed by atoms with E-state index in [1.165, 1.54) is 0 Å². The molecule has 1 aliphatic rings. The largest absolute Gasteiger partial charge is 0.450 e. The minimum atomic E-state index is -0.320. The minimum Gasteiger partial charge on any atom is -0.450 e. The molecule has 7 nitrogen and oxygen atoms in total. The lowest BCUT2D eigenvalue weighted by molar-refractivity contribution is 0.0569. The van der Waals surface area contributed by atoms with Crippen LogP contribution in [0.25, 0.3) is 0 Å². The van der Waals surface area contributed by atoms with Crippen LogP contribution in [-0.2, 0) is 4.74 Å². The first kappa shape index (κ1) is 15.2. The summed E-state index contributed by atoms with van der Waals surface area (Å²) in [5, 5.41) is 0. The molecule has 114 valence electrons. The van der Waals surface area contributed by atoms with Crippen molar-refractivity contribution in [2.75, 3.05) is 32.8 Å². The van der Waals surface area contributed by atoms with Gasteiger partial charge in [0.25, 0.3) is 5.91 Å². The van der Waals surface area contributed by atoms with Crippen LogP contribution in [0.15, 0.2) is 6.20 Å². The predicted molar refractivity (Wildman–Crippen MR) is 76.0 cm³/mol. The number of carbonyl (C=O) groups excluding carboxylic acids is 2. The number of rotatable bonds is 2. The van der Waals surface area contributed by atoms with Gasteiger partial charge >= 0.3 is 6.09 Å². The standard InChI is InChI=1S/C14H20N4O3/c1-4-21-14(20)18-7-5-17(6-8-18)13(19)12-9-15-11(3)16-10(12)2/h9H,4-8H2,1-3H3. The molecular formula is C14H20N4O3. The second-order valence-electron chi connectivity index (χ2n) is 4.89. The van der Waals surface area contributed by atoms with E-state index in [-0.39, 0.29) is 12.0 Å². The van der Waals surface area contributed by atoms with Gasteiger partial charge in [-0.1, -0.05) is 0 Å². The summed E-state index contributed by atoms with van der Waals surface area (Å²) in [4.78, 5) is 35.7. The van der Waals surface area contributed by atoms with Crippen LogP contribution in [0.5, 0.6) is 0 Å². The molecule has 2 heterocycles. The molecule has 0 bridgehead atoms. The van der Waals surface area contributed by atoms with Gasteiger partial charge in [0, 0.05) is 32.4 Å². The van der Waals surface area contributed by atoms with Crippen molar-refractivity contribution in [1.82, 2.24) is 19.8 Å². The highest BCUT2D eigenvalue weighted by molar-refractivity contribution is 5.95. The van der Waals surface area contributed by atoms with Gasteiger partial charge < -0.3 is 14.5 Å². The van der Waals surface area contributed by atoms with E-state index in [0.29, 0.717) is 49.9 Å². The lowest BCUT2D eigenvalue weighted by atomic mass is 10.2. The summed E-state index contributed by atoms with van der Waals surface area (Å²) in [6.45, 7) is 7.68. The molecule has 1 aromatic heterocycles. The van der Waals surface area contributed by atoms with Crippen molar-refractivity contribution in [2.24, 2.45) is 0 Å². The molecule has 0 atom stereocenters. The molecule has 0 N–H and O–H groups in total. The third-order valence-corrected chi connectivity index (χ3v) is 3.42. The van der Waals surface area contributed by atoms with E-state index >= 15 is 0 Å². The van der Waals surface area contributed by atoms with Gasteiger partial charge in [0.15, 0.2) is 0 Å². The second-order valence-corrected chi connectivity index (χ2v) is 4.89. The highest BCUT2D eigenvalue weighted by atomic mass is 16.6. The Hall–Kier alpha value is -2.18. The Labute approximate surface area is 123 Å². The normalized spacial score (nSPS) is 15.0. The van der Waals surface area contributed by atoms with E-state index in [0.717, 1.165) is 0 Å². The average Bonchev–Trinajstić information content (AvgIpc) is 2.47. The SMILES string of the molecule is CCOC(=O)N1CCN(C(=O)c2cnc(C)nc2C)CC1. The fraction of sp³-hybridized carbons (Fsp3) is 0.571. The van der Waals surface area contributed by atoms with Crippen molar-refractivity contribution in [3.63, 3.8) is 0 Å². The molecule has 1 fully saturated rings. The topological polar surface area (TPSA) is 75.6 Å². The van der Waals surface area contributed by atoms with Crippen LogP contribution in [0.3, 0.4) is 0 Å². The maximum Gasteiger partial charge on any atom is 0.409 e. The van der Waals surface area contributed by atoms with Crippen molar-refractivity contribution in [2.45, 2.75) is 20.8 Å². The lowest BCUT2D eigenvalue weighted by Gasteiger charge is -2.34. The molecule has 0 spiro atoms. The predicted octanol–water partition coefficient (Wildman–Crippen LogP) is 1.01. The fourth-order valence-corrected chi connectivity index (χ4v) is 2.27. The van der Waals surface area contributed by atoms with Gasteiger partial charge in [0.05, 0.1) is 17.9 Å². The number of carbonyl (C=O) groups is 2. The molecule has 1 saturated heterocycles. The summed E-state index contributed by atoms with van der Waals surface area (Å²) >= 11 is 0. The first-order valence-corrected chi connectivity index (χ1v) is 7.04. The highest BCUT2D eigenvalue weighted by Gasteiger charge is 2.26. The van der Waals surface area contributed by atoms with E-state index < -0.39 is 0 Å². The number of piperazine rings is 1. The summed E-state index contributed by atoms with van der Waals surface area (Å²) in [5.41, 5.74) is 1.20. The Balaban J connectivity index is 1.98. The molecule has 1 aromatic rings. The summed E-state index contributed by atoms with van der Waals surface area (Å²) in [6.07, 6.45) is 1.25. The molecule has 0 aromatic carbocycles. The molecule has 7 heteroatoms. The van der Waals surface area contributed by atoms with Gasteiger partial charge in [-0.25, -0.2) is 14.8 Å². The highest BCUT2D eigenvalue weighted by Crippen LogP contribution is 2.11. The molecule has 0 aliphatic carbocycles. The Morgan fingerprint density at radius 2 is 1.81 bits per heavy atom. The number of hydrogen-bond acceptors (Lipinski definition) is 5. The van der Waals surface area contributed by atoms with Gasteiger partial charge in [-0.3, -0.25) is 4.79 Å². The second kappa shape index (κ2) is 6.51. The zero-order valence-electron chi connectivity index (χ0n) is 12.6. The molecule has 0 saturated carbocycles. The van der Waals surface area contributed by atoms with E-state index in [4.69, 9.17) is 4.74 Å². The molecule has 1 aliphatic heterocycles. The monoisotopic (exact) mass is 292 g/mol. The minimum absolute atomic E-state index is 0.0870. The number of aryl methyl sites for hydroxylation is 2. The lowest BCUT2D eigenvalue weighted by Crippen LogP contribution is -2.50. The fourth-order valence-electron chi connectivity index (χ4n) is 2.27. The van der Waals surface area contributed by atoms with Gasteiger partial charge in [-0.2, -0.15) is 0 Å². The summed E-state index contributed by atoms with van der Waals surface area (Å²) in [6, 6.07) is 0. The zero-order chi connectivity index (χ0) is 15.4. The van der Waals surface area contributed by atoms with E-state index in [1.807, 2.05) is 0 Å². The van der Waals surface area contributed by atoms with E-state index in [2.05, 4.69) is 9.97 Å². The molecule has 21 heavy (non-hydrogen) atoms. The van der Waals surface area contributed by atoms with Crippen LogP contribution >= 0.6 is 0 Å². The third kappa shape index (κ3) is 3.48. The van der Waals surface area contributed by atoms with Crippen LogP contribution in [0.1, 0.15) is 28.8 Å². The van der Waals surface area contributed by atoms with Crippen LogP contribution < -0.4 is 0 Å². The number of amides is 2. The number of aromatic nitrogens is 2. The van der Waals surface area contributed by atoms with Gasteiger partial charge in [-0.15, -0.1) is 0 Å². The van der Waals surface area contributed by atoms with Crippen LogP contribution in [0.4, 0.5) is 4.79 Å². The molecule has 0 unspecified atom stereocenters. The Morgan fingerprint density at radius 1 is 1.19 bits per heavy atom. The summed E-state index contributed by atoms with van der Waals surface area (Å²) in [7, 11) is 0. The van der Waals surface area contributed by atoms with Crippen LogP contribution in [0, 0.1) is 13.8 Å². The van der Waals surface area contributed by atoms with Gasteiger partial charge in [0.1, 0.15) is 5.82 Å². The maximum atomic E-state index is 12.4. The first-order valence-electron chi connectivity index (χ1n) is 7.04. The molecule has 2 rings (SSSR count). The number of ether oxygens (including phenoxy) is 1. The van der Waals surface area contributed by atoms with Crippen molar-refractivity contribution in [3.8, 4) is 0 Å². The van der Waals surface area contributed by atoms with Gasteiger partial charge in [-0.05, 0) is 20.8 Å². The van der Waals surface area contributed by atoms with Crippen molar-refractivity contribution in [1.29, 1.82) is 0 Å². The van der Waals surface area contributed by atoms with Crippen LogP contribution in [0.2, 0.25) is 0 Å². The first-order chi connectivity index (χ1) is 10.0. The molecule has 0 radical (unpaired) electrons. The quantitative estimate of drug-likeness (QED) is 0.813. The van der Waals surface area contributed by atoms with E-state index in [9.17, 15) is 9.59 Å². The Kier molecular flexibility index (Phi) is 4.72. The van der Waals surface area contributed by atoms with Gasteiger partial charge in [0.2, 0.25) is 0 Å². The zero-order valence-corrected chi connectivity index (χ0v) is 12.6. The molecule has 2 amide bonds. The van der Waals surface area contributed by atoms with Crippen LogP contribution in [-0.4, -0.2) is 64.6 Å². The number of nitrogens with zero attached hydrogens (tertiary/aromatic N) is 4. The smallest absolute Gasteiger partial charge is 0.409 e. The Bertz CT molecular complexity index is 539. The van der Waals surface area contributed by atoms with Crippen molar-refractivity contribution in [3.05, 3.63) is 23.3 Å². The third-order valence-electron chi connectivity index (χ3n) is 3.42. The van der Waals surface area contributed by atoms with Crippen molar-refractivity contribution < 1.29 is 14.3 Å². The number of hydrogen-bond donors (Lipinski definition) is 0. The molecular weight excluding hydrogens is 272 g/mol. The Morgan fingerprint density at radius 3 is 2.38 bits per heavy atom.